The van der Waals surface area contributed by atoms with Crippen molar-refractivity contribution in [1.29, 1.82) is 0 Å². The standard InChI is InChI=1S/C13H16N4O3/c1-2-12-17-9-5-7(3-4-10(9)20-12)16-13(19)8(14)6-11(15)18/h3-5,8H,2,6,14H2,1H3,(H2,15,18)(H,16,19). The Morgan fingerprint density at radius 1 is 1.45 bits per heavy atom. The second-order valence-electron chi connectivity index (χ2n) is 4.41. The summed E-state index contributed by atoms with van der Waals surface area (Å²) in [6.45, 7) is 1.94. The second kappa shape index (κ2) is 5.70. The van der Waals surface area contributed by atoms with Gasteiger partial charge in [0.15, 0.2) is 11.5 Å². The number of nitrogens with zero attached hydrogens (tertiary/aromatic N) is 1. The van der Waals surface area contributed by atoms with Crippen LogP contribution in [0.1, 0.15) is 19.2 Å². The maximum atomic E-state index is 11.8. The molecule has 0 saturated carbocycles. The molecule has 1 aromatic carbocycles. The molecule has 7 nitrogen and oxygen atoms in total. The number of carbonyl (C=O) groups excluding carboxylic acids is 2. The van der Waals surface area contributed by atoms with Crippen molar-refractivity contribution in [1.82, 2.24) is 4.98 Å². The smallest absolute Gasteiger partial charge is 0.241 e. The molecule has 1 aromatic heterocycles. The number of rotatable bonds is 5. The van der Waals surface area contributed by atoms with Crippen LogP contribution in [0.3, 0.4) is 0 Å². The Bertz CT molecular complexity index is 650. The fourth-order valence-corrected chi connectivity index (χ4v) is 1.75. The average molecular weight is 276 g/mol. The summed E-state index contributed by atoms with van der Waals surface area (Å²) >= 11 is 0. The van der Waals surface area contributed by atoms with Gasteiger partial charge >= 0.3 is 0 Å². The first-order valence-corrected chi connectivity index (χ1v) is 6.23. The van der Waals surface area contributed by atoms with Crippen LogP contribution in [0.25, 0.3) is 11.1 Å². The van der Waals surface area contributed by atoms with Gasteiger partial charge in [0, 0.05) is 12.1 Å². The minimum Gasteiger partial charge on any atom is -0.441 e. The number of nitrogens with two attached hydrogens (primary N) is 2. The number of carbonyl (C=O) groups is 2. The molecule has 1 heterocycles. The fourth-order valence-electron chi connectivity index (χ4n) is 1.75. The van der Waals surface area contributed by atoms with Gasteiger partial charge in [-0.15, -0.1) is 0 Å². The second-order valence-corrected chi connectivity index (χ2v) is 4.41. The van der Waals surface area contributed by atoms with Gasteiger partial charge < -0.3 is 21.2 Å². The summed E-state index contributed by atoms with van der Waals surface area (Å²) in [5.74, 6) is -0.455. The van der Waals surface area contributed by atoms with Crippen LogP contribution in [-0.2, 0) is 16.0 Å². The zero-order valence-electron chi connectivity index (χ0n) is 11.1. The van der Waals surface area contributed by atoms with Gasteiger partial charge in [-0.25, -0.2) is 4.98 Å². The quantitative estimate of drug-likeness (QED) is 0.734. The van der Waals surface area contributed by atoms with E-state index in [-0.39, 0.29) is 6.42 Å². The summed E-state index contributed by atoms with van der Waals surface area (Å²) < 4.78 is 5.47. The molecule has 0 aliphatic heterocycles. The van der Waals surface area contributed by atoms with Gasteiger partial charge in [0.25, 0.3) is 0 Å². The number of nitrogens with one attached hydrogen (secondary N) is 1. The van der Waals surface area contributed by atoms with Crippen LogP contribution in [0.15, 0.2) is 22.6 Å². The Kier molecular flexibility index (Phi) is 3.99. The number of hydrogen-bond donors (Lipinski definition) is 3. The molecule has 1 unspecified atom stereocenters. The van der Waals surface area contributed by atoms with Crippen LogP contribution >= 0.6 is 0 Å². The van der Waals surface area contributed by atoms with Crippen molar-refractivity contribution in [2.45, 2.75) is 25.8 Å². The Balaban J connectivity index is 2.13. The SMILES string of the molecule is CCc1nc2cc(NC(=O)C(N)CC(N)=O)ccc2o1. The predicted octanol–water partition coefficient (Wildman–Crippen LogP) is 0.531. The van der Waals surface area contributed by atoms with E-state index < -0.39 is 17.9 Å². The summed E-state index contributed by atoms with van der Waals surface area (Å²) in [6, 6.07) is 4.12. The van der Waals surface area contributed by atoms with Crippen molar-refractivity contribution >= 4 is 28.6 Å². The molecule has 5 N–H and O–H groups in total. The molecule has 0 aliphatic rings. The van der Waals surface area contributed by atoms with Gasteiger partial charge in [-0.05, 0) is 18.2 Å². The molecular weight excluding hydrogens is 260 g/mol. The molecule has 0 bridgehead atoms. The Morgan fingerprint density at radius 2 is 2.20 bits per heavy atom. The molecule has 2 rings (SSSR count). The molecule has 0 spiro atoms. The zero-order valence-corrected chi connectivity index (χ0v) is 11.1. The highest BCUT2D eigenvalue weighted by molar-refractivity contribution is 5.98. The van der Waals surface area contributed by atoms with Crippen LogP contribution in [0.4, 0.5) is 5.69 Å². The van der Waals surface area contributed by atoms with Gasteiger partial charge in [0.1, 0.15) is 5.52 Å². The van der Waals surface area contributed by atoms with E-state index in [1.165, 1.54) is 0 Å². The number of aryl methyl sites for hydroxylation is 1. The number of aromatic nitrogens is 1. The van der Waals surface area contributed by atoms with E-state index in [9.17, 15) is 9.59 Å². The minimum absolute atomic E-state index is 0.196. The van der Waals surface area contributed by atoms with Crippen LogP contribution < -0.4 is 16.8 Å². The molecule has 7 heteroatoms. The summed E-state index contributed by atoms with van der Waals surface area (Å²) in [4.78, 5) is 26.7. The lowest BCUT2D eigenvalue weighted by atomic mass is 10.2. The van der Waals surface area contributed by atoms with Crippen LogP contribution in [-0.4, -0.2) is 22.8 Å². The highest BCUT2D eigenvalue weighted by Gasteiger charge is 2.16. The monoisotopic (exact) mass is 276 g/mol. The first-order chi connectivity index (χ1) is 9.49. The third-order valence-corrected chi connectivity index (χ3v) is 2.76. The predicted molar refractivity (Wildman–Crippen MR) is 73.8 cm³/mol. The molecule has 1 atom stereocenters. The molecule has 0 fully saturated rings. The summed E-state index contributed by atoms with van der Waals surface area (Å²) in [6.07, 6.45) is 0.498. The van der Waals surface area contributed by atoms with E-state index in [1.807, 2.05) is 6.92 Å². The van der Waals surface area contributed by atoms with Gasteiger partial charge in [0.2, 0.25) is 11.8 Å². The first-order valence-electron chi connectivity index (χ1n) is 6.23. The molecule has 0 radical (unpaired) electrons. The van der Waals surface area contributed by atoms with Gasteiger partial charge in [0.05, 0.1) is 12.5 Å². The molecule has 0 aliphatic carbocycles. The maximum absolute atomic E-state index is 11.8. The number of benzene rings is 1. The number of anilines is 1. The first kappa shape index (κ1) is 14.0. The molecule has 0 saturated heterocycles. The van der Waals surface area contributed by atoms with Crippen LogP contribution in [0, 0.1) is 0 Å². The van der Waals surface area contributed by atoms with Crippen molar-refractivity contribution in [2.24, 2.45) is 11.5 Å². The summed E-state index contributed by atoms with van der Waals surface area (Å²) in [5.41, 5.74) is 12.4. The average Bonchev–Trinajstić information content (AvgIpc) is 2.80. The Morgan fingerprint density at radius 3 is 2.85 bits per heavy atom. The Labute approximate surface area is 115 Å². The van der Waals surface area contributed by atoms with E-state index in [1.54, 1.807) is 18.2 Å². The zero-order chi connectivity index (χ0) is 14.7. The van der Waals surface area contributed by atoms with E-state index in [4.69, 9.17) is 15.9 Å². The lowest BCUT2D eigenvalue weighted by Crippen LogP contribution is -2.38. The topological polar surface area (TPSA) is 124 Å². The van der Waals surface area contributed by atoms with Crippen molar-refractivity contribution in [3.8, 4) is 0 Å². The fraction of sp³-hybridized carbons (Fsp3) is 0.308. The number of primary amides is 1. The molecule has 2 aromatic rings. The van der Waals surface area contributed by atoms with Gasteiger partial charge in [-0.1, -0.05) is 6.92 Å². The largest absolute Gasteiger partial charge is 0.441 e. The van der Waals surface area contributed by atoms with Crippen molar-refractivity contribution < 1.29 is 14.0 Å². The molecule has 2 amide bonds. The lowest BCUT2D eigenvalue weighted by Gasteiger charge is -2.10. The van der Waals surface area contributed by atoms with Gasteiger partial charge in [-0.2, -0.15) is 0 Å². The van der Waals surface area contributed by atoms with Crippen molar-refractivity contribution in [3.05, 3.63) is 24.1 Å². The highest BCUT2D eigenvalue weighted by Crippen LogP contribution is 2.20. The normalized spacial score (nSPS) is 12.3. The maximum Gasteiger partial charge on any atom is 0.241 e. The molecule has 106 valence electrons. The van der Waals surface area contributed by atoms with Gasteiger partial charge in [-0.3, -0.25) is 9.59 Å². The lowest BCUT2D eigenvalue weighted by molar-refractivity contribution is -0.123. The minimum atomic E-state index is -0.966. The van der Waals surface area contributed by atoms with E-state index in [0.29, 0.717) is 29.1 Å². The summed E-state index contributed by atoms with van der Waals surface area (Å²) in [7, 11) is 0. The number of amides is 2. The highest BCUT2D eigenvalue weighted by atomic mass is 16.3. The van der Waals surface area contributed by atoms with E-state index >= 15 is 0 Å². The molecule has 20 heavy (non-hydrogen) atoms. The summed E-state index contributed by atoms with van der Waals surface area (Å²) in [5, 5.41) is 2.61. The third kappa shape index (κ3) is 3.12. The van der Waals surface area contributed by atoms with E-state index in [2.05, 4.69) is 10.3 Å². The van der Waals surface area contributed by atoms with Crippen LogP contribution in [0.5, 0.6) is 0 Å². The molecular formula is C13H16N4O3. The Hall–Kier alpha value is -2.41. The van der Waals surface area contributed by atoms with Crippen molar-refractivity contribution in [2.75, 3.05) is 5.32 Å². The van der Waals surface area contributed by atoms with Crippen molar-refractivity contribution in [3.63, 3.8) is 0 Å². The van der Waals surface area contributed by atoms with E-state index in [0.717, 1.165) is 0 Å². The third-order valence-electron chi connectivity index (χ3n) is 2.76. The number of fused-ring (bicyclic) bond motifs is 1. The number of hydrogen-bond acceptors (Lipinski definition) is 5. The van der Waals surface area contributed by atoms with Crippen LogP contribution in [0.2, 0.25) is 0 Å². The number of oxazole rings is 1.